The van der Waals surface area contributed by atoms with Crippen LogP contribution in [-0.2, 0) is 6.54 Å². The molecule has 0 unspecified atom stereocenters. The molecule has 1 amide bonds. The maximum atomic E-state index is 11.9. The lowest BCUT2D eigenvalue weighted by Crippen LogP contribution is -2.25. The average molecular weight is 294 g/mol. The second-order valence-electron chi connectivity index (χ2n) is 4.66. The van der Waals surface area contributed by atoms with Crippen LogP contribution in [0.15, 0.2) is 77.7 Å². The fraction of sp³-hybridized carbons (Fsp3) is 0.118. The molecule has 0 heterocycles. The van der Waals surface area contributed by atoms with Gasteiger partial charge in [0.05, 0.1) is 12.2 Å². The summed E-state index contributed by atoms with van der Waals surface area (Å²) in [6.45, 7) is 0.853. The number of hydrogen-bond donors (Lipinski definition) is 3. The van der Waals surface area contributed by atoms with Gasteiger partial charge < -0.3 is 10.6 Å². The van der Waals surface area contributed by atoms with Gasteiger partial charge in [-0.25, -0.2) is 5.53 Å². The number of nitrogens with one attached hydrogen (secondary N) is 3. The first-order valence-electron chi connectivity index (χ1n) is 6.96. The molecule has 3 N–H and O–H groups in total. The summed E-state index contributed by atoms with van der Waals surface area (Å²) in [6.07, 6.45) is 1.64. The lowest BCUT2D eigenvalue weighted by Gasteiger charge is -2.06. The molecule has 0 fully saturated rings. The Hall–Kier alpha value is -2.95. The highest BCUT2D eigenvalue weighted by Gasteiger charge is 2.04. The van der Waals surface area contributed by atoms with E-state index < -0.39 is 0 Å². The Bertz CT molecular complexity index is 638. The molecule has 112 valence electrons. The highest BCUT2D eigenvalue weighted by molar-refractivity contribution is 5.94. The van der Waals surface area contributed by atoms with E-state index in [0.29, 0.717) is 17.8 Å². The van der Waals surface area contributed by atoms with Gasteiger partial charge in [0.25, 0.3) is 5.91 Å². The van der Waals surface area contributed by atoms with Crippen molar-refractivity contribution in [1.29, 1.82) is 5.53 Å². The van der Waals surface area contributed by atoms with Crippen molar-refractivity contribution < 1.29 is 4.79 Å². The van der Waals surface area contributed by atoms with Crippen LogP contribution >= 0.6 is 0 Å². The molecule has 0 saturated carbocycles. The van der Waals surface area contributed by atoms with Gasteiger partial charge in [-0.3, -0.25) is 4.79 Å². The van der Waals surface area contributed by atoms with E-state index in [9.17, 15) is 4.79 Å². The first-order valence-corrected chi connectivity index (χ1v) is 6.96. The summed E-state index contributed by atoms with van der Waals surface area (Å²) in [6, 6.07) is 18.9. The molecule has 0 spiro atoms. The standard InChI is InChI=1S/C17H18N4O/c18-21-16(12-19-11-14-7-3-1-4-8-14)13-20-17(22)15-9-5-2-6-10-15/h1-10,12,18-19H,11,13H2,(H,20,22)/b16-12-,21-18?. The van der Waals surface area contributed by atoms with Gasteiger partial charge in [0.15, 0.2) is 0 Å². The molecule has 0 aliphatic heterocycles. The zero-order valence-corrected chi connectivity index (χ0v) is 12.1. The van der Waals surface area contributed by atoms with E-state index >= 15 is 0 Å². The van der Waals surface area contributed by atoms with E-state index in [2.05, 4.69) is 15.7 Å². The summed E-state index contributed by atoms with van der Waals surface area (Å²) in [4.78, 5) is 11.9. The molecule has 22 heavy (non-hydrogen) atoms. The normalized spacial score (nSPS) is 10.8. The SMILES string of the molecule is N=N/C(=C\NCc1ccccc1)CNC(=O)c1ccccc1. The molecule has 0 bridgehead atoms. The molecular weight excluding hydrogens is 276 g/mol. The number of hydrogen-bond acceptors (Lipinski definition) is 4. The quantitative estimate of drug-likeness (QED) is 0.686. The van der Waals surface area contributed by atoms with Crippen molar-refractivity contribution in [1.82, 2.24) is 10.6 Å². The second-order valence-corrected chi connectivity index (χ2v) is 4.66. The van der Waals surface area contributed by atoms with E-state index in [1.54, 1.807) is 18.3 Å². The zero-order valence-electron chi connectivity index (χ0n) is 12.1. The molecule has 0 radical (unpaired) electrons. The van der Waals surface area contributed by atoms with Crippen molar-refractivity contribution in [2.75, 3.05) is 6.54 Å². The lowest BCUT2D eigenvalue weighted by atomic mass is 10.2. The third-order valence-corrected chi connectivity index (χ3v) is 3.03. The predicted octanol–water partition coefficient (Wildman–Crippen LogP) is 3.08. The molecule has 2 rings (SSSR count). The summed E-state index contributed by atoms with van der Waals surface area (Å²) in [5, 5.41) is 9.25. The van der Waals surface area contributed by atoms with E-state index in [4.69, 9.17) is 5.53 Å². The maximum absolute atomic E-state index is 11.9. The Labute approximate surface area is 129 Å². The van der Waals surface area contributed by atoms with Crippen LogP contribution < -0.4 is 10.6 Å². The van der Waals surface area contributed by atoms with E-state index in [0.717, 1.165) is 5.56 Å². The third kappa shape index (κ3) is 4.86. The molecule has 5 nitrogen and oxygen atoms in total. The van der Waals surface area contributed by atoms with Crippen molar-refractivity contribution in [2.24, 2.45) is 5.11 Å². The number of nitrogens with zero attached hydrogens (tertiary/aromatic N) is 1. The van der Waals surface area contributed by atoms with Crippen LogP contribution in [-0.4, -0.2) is 12.5 Å². The number of carbonyl (C=O) groups is 1. The fourth-order valence-corrected chi connectivity index (χ4v) is 1.87. The summed E-state index contributed by atoms with van der Waals surface area (Å²) >= 11 is 0. The van der Waals surface area contributed by atoms with Gasteiger partial charge in [-0.05, 0) is 17.7 Å². The summed E-state index contributed by atoms with van der Waals surface area (Å²) in [5.41, 5.74) is 9.34. The smallest absolute Gasteiger partial charge is 0.251 e. The largest absolute Gasteiger partial charge is 0.385 e. The third-order valence-electron chi connectivity index (χ3n) is 3.03. The minimum atomic E-state index is -0.182. The minimum absolute atomic E-state index is 0.182. The molecule has 0 aromatic heterocycles. The molecule has 2 aromatic carbocycles. The van der Waals surface area contributed by atoms with E-state index in [1.165, 1.54) is 0 Å². The Kier molecular flexibility index (Phi) is 5.87. The topological polar surface area (TPSA) is 77.3 Å². The second kappa shape index (κ2) is 8.36. The van der Waals surface area contributed by atoms with Crippen LogP contribution in [0.5, 0.6) is 0 Å². The number of amides is 1. The van der Waals surface area contributed by atoms with Gasteiger partial charge in [0, 0.05) is 18.3 Å². The van der Waals surface area contributed by atoms with E-state index in [1.807, 2.05) is 48.5 Å². The number of carbonyl (C=O) groups excluding carboxylic acids is 1. The lowest BCUT2D eigenvalue weighted by molar-refractivity contribution is 0.0957. The molecular formula is C17H18N4O. The predicted molar refractivity (Wildman–Crippen MR) is 85.3 cm³/mol. The summed E-state index contributed by atoms with van der Waals surface area (Å²) < 4.78 is 0. The Balaban J connectivity index is 1.83. The van der Waals surface area contributed by atoms with Gasteiger partial charge in [-0.2, -0.15) is 5.11 Å². The first-order chi connectivity index (χ1) is 10.8. The Morgan fingerprint density at radius 2 is 1.68 bits per heavy atom. The molecule has 2 aromatic rings. The van der Waals surface area contributed by atoms with Crippen molar-refractivity contribution in [3.8, 4) is 0 Å². The van der Waals surface area contributed by atoms with Gasteiger partial charge >= 0.3 is 0 Å². The molecule has 5 heteroatoms. The van der Waals surface area contributed by atoms with Crippen molar-refractivity contribution in [2.45, 2.75) is 6.54 Å². The molecule has 0 aliphatic carbocycles. The molecule has 0 aliphatic rings. The van der Waals surface area contributed by atoms with Crippen molar-refractivity contribution in [3.63, 3.8) is 0 Å². The van der Waals surface area contributed by atoms with Gasteiger partial charge in [-0.1, -0.05) is 48.5 Å². The van der Waals surface area contributed by atoms with Gasteiger partial charge in [-0.15, -0.1) is 0 Å². The van der Waals surface area contributed by atoms with Crippen LogP contribution in [0.4, 0.5) is 0 Å². The minimum Gasteiger partial charge on any atom is -0.385 e. The summed E-state index contributed by atoms with van der Waals surface area (Å²) in [7, 11) is 0. The van der Waals surface area contributed by atoms with Gasteiger partial charge in [0.2, 0.25) is 0 Å². The monoisotopic (exact) mass is 294 g/mol. The van der Waals surface area contributed by atoms with Crippen LogP contribution in [0.1, 0.15) is 15.9 Å². The van der Waals surface area contributed by atoms with Gasteiger partial charge in [0.1, 0.15) is 0 Å². The van der Waals surface area contributed by atoms with Crippen LogP contribution in [0.25, 0.3) is 0 Å². The average Bonchev–Trinajstić information content (AvgIpc) is 2.59. The summed E-state index contributed by atoms with van der Waals surface area (Å²) in [5.74, 6) is -0.182. The van der Waals surface area contributed by atoms with Crippen LogP contribution in [0, 0.1) is 5.53 Å². The van der Waals surface area contributed by atoms with Crippen molar-refractivity contribution in [3.05, 3.63) is 83.7 Å². The fourth-order valence-electron chi connectivity index (χ4n) is 1.87. The maximum Gasteiger partial charge on any atom is 0.251 e. The van der Waals surface area contributed by atoms with Crippen molar-refractivity contribution >= 4 is 5.91 Å². The van der Waals surface area contributed by atoms with Crippen LogP contribution in [0.2, 0.25) is 0 Å². The zero-order chi connectivity index (χ0) is 15.6. The van der Waals surface area contributed by atoms with Crippen LogP contribution in [0.3, 0.4) is 0 Å². The first kappa shape index (κ1) is 15.4. The Morgan fingerprint density at radius 3 is 2.32 bits per heavy atom. The number of rotatable bonds is 7. The highest BCUT2D eigenvalue weighted by atomic mass is 16.1. The van der Waals surface area contributed by atoms with E-state index in [-0.39, 0.29) is 12.5 Å². The molecule has 0 atom stereocenters. The highest BCUT2D eigenvalue weighted by Crippen LogP contribution is 2.00. The molecule has 0 saturated heterocycles. The Morgan fingerprint density at radius 1 is 1.05 bits per heavy atom. The number of benzene rings is 2.